The van der Waals surface area contributed by atoms with Crippen LogP contribution in [-0.4, -0.2) is 32.6 Å². The van der Waals surface area contributed by atoms with Gasteiger partial charge in [0.2, 0.25) is 0 Å². The monoisotopic (exact) mass is 167 g/mol. The Balaban J connectivity index is 2.62. The fraction of sp³-hybridized carbons (Fsp3) is 0.600. The Morgan fingerprint density at radius 3 is 2.58 bits per heavy atom. The van der Waals surface area contributed by atoms with Crippen LogP contribution in [0.15, 0.2) is 23.5 Å². The van der Waals surface area contributed by atoms with Gasteiger partial charge in [0.15, 0.2) is 0 Å². The molecule has 0 fully saturated rings. The summed E-state index contributed by atoms with van der Waals surface area (Å²) in [5, 5.41) is 0. The van der Waals surface area contributed by atoms with Crippen LogP contribution in [0.1, 0.15) is 12.8 Å². The number of allylic oxidation sites excluding steroid dienone is 2. The summed E-state index contributed by atoms with van der Waals surface area (Å²) >= 11 is 0. The Kier molecular flexibility index (Phi) is 3.35. The highest BCUT2D eigenvalue weighted by atomic mass is 16.5. The maximum atomic E-state index is 5.31. The molecule has 1 aliphatic rings. The number of likely N-dealkylation sites (N-methyl/N-ethyl adjacent to an activating group) is 1. The maximum Gasteiger partial charge on any atom is 0.100 e. The molecule has 0 saturated heterocycles. The number of methoxy groups -OCH3 is 1. The van der Waals surface area contributed by atoms with E-state index in [2.05, 4.69) is 31.1 Å². The number of hydrogen-bond donors (Lipinski definition) is 0. The van der Waals surface area contributed by atoms with Crippen LogP contribution in [0.25, 0.3) is 0 Å². The Hall–Kier alpha value is -0.760. The molecule has 2 heteroatoms. The quantitative estimate of drug-likeness (QED) is 0.594. The van der Waals surface area contributed by atoms with Crippen molar-refractivity contribution in [1.29, 1.82) is 0 Å². The van der Waals surface area contributed by atoms with Crippen LogP contribution in [0.5, 0.6) is 0 Å². The molecule has 0 radical (unpaired) electrons. The van der Waals surface area contributed by atoms with E-state index in [-0.39, 0.29) is 0 Å². The summed E-state index contributed by atoms with van der Waals surface area (Å²) < 4.78 is 5.31. The van der Waals surface area contributed by atoms with E-state index in [0.717, 1.165) is 25.1 Å². The first-order valence-electron chi connectivity index (χ1n) is 4.28. The first-order valence-corrected chi connectivity index (χ1v) is 4.28. The molecule has 0 N–H and O–H groups in total. The summed E-state index contributed by atoms with van der Waals surface area (Å²) in [6.07, 6.45) is 6.38. The van der Waals surface area contributed by atoms with Crippen molar-refractivity contribution in [3.8, 4) is 0 Å². The highest BCUT2D eigenvalue weighted by Gasteiger charge is 2.09. The molecule has 0 heterocycles. The topological polar surface area (TPSA) is 12.5 Å². The van der Waals surface area contributed by atoms with Crippen LogP contribution in [-0.2, 0) is 4.74 Å². The average Bonchev–Trinajstić information content (AvgIpc) is 2.04. The molecule has 12 heavy (non-hydrogen) atoms. The summed E-state index contributed by atoms with van der Waals surface area (Å²) in [6, 6.07) is 0. The number of hydrogen-bond acceptors (Lipinski definition) is 2. The minimum Gasteiger partial charge on any atom is -0.501 e. The summed E-state index contributed by atoms with van der Waals surface area (Å²) in [6.45, 7) is 1.01. The normalized spacial score (nSPS) is 17.3. The van der Waals surface area contributed by atoms with Gasteiger partial charge < -0.3 is 9.64 Å². The lowest BCUT2D eigenvalue weighted by atomic mass is 10.0. The first kappa shape index (κ1) is 9.33. The highest BCUT2D eigenvalue weighted by molar-refractivity contribution is 5.21. The Morgan fingerprint density at radius 2 is 2.00 bits per heavy atom. The van der Waals surface area contributed by atoms with Gasteiger partial charge in [-0.3, -0.25) is 0 Å². The standard InChI is InChI=1S/C10H17NO/c1-11(2)8-9-6-4-5-7-10(9)12-3/h4-5H,6-8H2,1-3H3. The van der Waals surface area contributed by atoms with Gasteiger partial charge in [0.05, 0.1) is 7.11 Å². The second-order valence-corrected chi connectivity index (χ2v) is 3.35. The SMILES string of the molecule is COC1=C(CN(C)C)CC=CC1. The zero-order chi connectivity index (χ0) is 8.97. The Bertz CT molecular complexity index is 204. The maximum absolute atomic E-state index is 5.31. The van der Waals surface area contributed by atoms with Gasteiger partial charge in [0.25, 0.3) is 0 Å². The van der Waals surface area contributed by atoms with Crippen molar-refractivity contribution in [3.63, 3.8) is 0 Å². The van der Waals surface area contributed by atoms with E-state index >= 15 is 0 Å². The summed E-state index contributed by atoms with van der Waals surface area (Å²) in [4.78, 5) is 2.17. The molecule has 0 saturated carbocycles. The van der Waals surface area contributed by atoms with Crippen molar-refractivity contribution >= 4 is 0 Å². The van der Waals surface area contributed by atoms with E-state index in [1.165, 1.54) is 5.57 Å². The zero-order valence-corrected chi connectivity index (χ0v) is 8.13. The second-order valence-electron chi connectivity index (χ2n) is 3.35. The molecular formula is C10H17NO. The number of ether oxygens (including phenoxy) is 1. The Morgan fingerprint density at radius 1 is 1.33 bits per heavy atom. The van der Waals surface area contributed by atoms with Crippen LogP contribution in [0, 0.1) is 0 Å². The molecule has 0 aromatic rings. The number of rotatable bonds is 3. The molecule has 0 atom stereocenters. The van der Waals surface area contributed by atoms with E-state index in [0.29, 0.717) is 0 Å². The van der Waals surface area contributed by atoms with E-state index in [1.807, 2.05) is 0 Å². The highest BCUT2D eigenvalue weighted by Crippen LogP contribution is 2.19. The molecule has 68 valence electrons. The van der Waals surface area contributed by atoms with E-state index in [9.17, 15) is 0 Å². The van der Waals surface area contributed by atoms with E-state index in [1.54, 1.807) is 7.11 Å². The third-order valence-corrected chi connectivity index (χ3v) is 1.98. The smallest absolute Gasteiger partial charge is 0.100 e. The fourth-order valence-electron chi connectivity index (χ4n) is 1.44. The van der Waals surface area contributed by atoms with Crippen LogP contribution < -0.4 is 0 Å². The predicted octanol–water partition coefficient (Wildman–Crippen LogP) is 1.80. The summed E-state index contributed by atoms with van der Waals surface area (Å²) in [5.41, 5.74) is 1.41. The number of nitrogens with zero attached hydrogens (tertiary/aromatic N) is 1. The lowest BCUT2D eigenvalue weighted by molar-refractivity contribution is 0.272. The minimum atomic E-state index is 0.958. The average molecular weight is 167 g/mol. The third-order valence-electron chi connectivity index (χ3n) is 1.98. The largest absolute Gasteiger partial charge is 0.501 e. The molecule has 0 aliphatic heterocycles. The van der Waals surface area contributed by atoms with Gasteiger partial charge in [0, 0.05) is 13.0 Å². The van der Waals surface area contributed by atoms with Crippen molar-refractivity contribution in [2.24, 2.45) is 0 Å². The van der Waals surface area contributed by atoms with Gasteiger partial charge in [-0.15, -0.1) is 0 Å². The molecule has 0 unspecified atom stereocenters. The molecule has 1 rings (SSSR count). The molecule has 0 amide bonds. The molecule has 1 aliphatic carbocycles. The van der Waals surface area contributed by atoms with Gasteiger partial charge in [-0.1, -0.05) is 12.2 Å². The lowest BCUT2D eigenvalue weighted by Gasteiger charge is -2.18. The van der Waals surface area contributed by atoms with Crippen molar-refractivity contribution in [3.05, 3.63) is 23.5 Å². The summed E-state index contributed by atoms with van der Waals surface area (Å²) in [5.74, 6) is 1.14. The van der Waals surface area contributed by atoms with Gasteiger partial charge >= 0.3 is 0 Å². The molecule has 0 aromatic heterocycles. The molecular weight excluding hydrogens is 150 g/mol. The predicted molar refractivity (Wildman–Crippen MR) is 51.0 cm³/mol. The van der Waals surface area contributed by atoms with Gasteiger partial charge in [-0.05, 0) is 26.1 Å². The van der Waals surface area contributed by atoms with Crippen molar-refractivity contribution in [1.82, 2.24) is 4.90 Å². The molecule has 2 nitrogen and oxygen atoms in total. The first-order chi connectivity index (χ1) is 5.74. The van der Waals surface area contributed by atoms with E-state index in [4.69, 9.17) is 4.74 Å². The summed E-state index contributed by atoms with van der Waals surface area (Å²) in [7, 11) is 5.92. The third kappa shape index (κ3) is 2.38. The van der Waals surface area contributed by atoms with Crippen LogP contribution >= 0.6 is 0 Å². The fourth-order valence-corrected chi connectivity index (χ4v) is 1.44. The van der Waals surface area contributed by atoms with E-state index < -0.39 is 0 Å². The van der Waals surface area contributed by atoms with Gasteiger partial charge in [0.1, 0.15) is 5.76 Å². The van der Waals surface area contributed by atoms with Crippen molar-refractivity contribution in [2.45, 2.75) is 12.8 Å². The van der Waals surface area contributed by atoms with Crippen LogP contribution in [0.3, 0.4) is 0 Å². The Labute approximate surface area is 74.5 Å². The van der Waals surface area contributed by atoms with Gasteiger partial charge in [-0.25, -0.2) is 0 Å². The van der Waals surface area contributed by atoms with Crippen molar-refractivity contribution in [2.75, 3.05) is 27.7 Å². The lowest BCUT2D eigenvalue weighted by Crippen LogP contribution is -2.17. The van der Waals surface area contributed by atoms with Crippen LogP contribution in [0.4, 0.5) is 0 Å². The van der Waals surface area contributed by atoms with Crippen LogP contribution in [0.2, 0.25) is 0 Å². The second kappa shape index (κ2) is 4.31. The molecule has 0 bridgehead atoms. The van der Waals surface area contributed by atoms with Crippen molar-refractivity contribution < 1.29 is 4.74 Å². The minimum absolute atomic E-state index is 0.958. The molecule has 0 aromatic carbocycles. The zero-order valence-electron chi connectivity index (χ0n) is 8.13. The molecule has 0 spiro atoms. The van der Waals surface area contributed by atoms with Gasteiger partial charge in [-0.2, -0.15) is 0 Å².